The number of nitro benzene ring substituents is 1. The number of ether oxygens (including phenoxy) is 2. The number of thiazole rings is 1. The van der Waals surface area contributed by atoms with Crippen LogP contribution in [0.3, 0.4) is 0 Å². The van der Waals surface area contributed by atoms with Crippen LogP contribution in [0.4, 0.5) is 10.8 Å². The van der Waals surface area contributed by atoms with E-state index in [0.29, 0.717) is 43.2 Å². The van der Waals surface area contributed by atoms with Crippen LogP contribution < -0.4 is 14.4 Å². The van der Waals surface area contributed by atoms with Gasteiger partial charge in [-0.05, 0) is 18.2 Å². The van der Waals surface area contributed by atoms with Crippen molar-refractivity contribution in [2.45, 2.75) is 0 Å². The van der Waals surface area contributed by atoms with Crippen molar-refractivity contribution >= 4 is 38.3 Å². The number of amides is 1. The highest BCUT2D eigenvalue weighted by molar-refractivity contribution is 7.22. The number of nitrogens with zero attached hydrogens (tertiary/aromatic N) is 4. The molecule has 2 aromatic carbocycles. The molecule has 0 spiro atoms. The Morgan fingerprint density at radius 3 is 2.33 bits per heavy atom. The second-order valence-electron chi connectivity index (χ2n) is 6.79. The van der Waals surface area contributed by atoms with E-state index in [-0.39, 0.29) is 11.6 Å². The lowest BCUT2D eigenvalue weighted by atomic mass is 10.1. The fourth-order valence-corrected chi connectivity index (χ4v) is 4.41. The fourth-order valence-electron chi connectivity index (χ4n) is 3.36. The van der Waals surface area contributed by atoms with Crippen molar-refractivity contribution in [1.29, 1.82) is 0 Å². The Morgan fingerprint density at radius 1 is 1.07 bits per heavy atom. The summed E-state index contributed by atoms with van der Waals surface area (Å²) in [6, 6.07) is 9.82. The van der Waals surface area contributed by atoms with E-state index in [9.17, 15) is 14.9 Å². The predicted molar refractivity (Wildman–Crippen MR) is 114 cm³/mol. The zero-order valence-corrected chi connectivity index (χ0v) is 17.3. The first-order valence-corrected chi connectivity index (χ1v) is 10.1. The zero-order chi connectivity index (χ0) is 21.3. The van der Waals surface area contributed by atoms with Gasteiger partial charge in [-0.1, -0.05) is 11.3 Å². The summed E-state index contributed by atoms with van der Waals surface area (Å²) in [7, 11) is 3.10. The third-order valence-electron chi connectivity index (χ3n) is 5.01. The van der Waals surface area contributed by atoms with Crippen molar-refractivity contribution in [2.24, 2.45) is 0 Å². The van der Waals surface area contributed by atoms with Crippen LogP contribution in [0.5, 0.6) is 11.5 Å². The molecule has 1 aliphatic heterocycles. The first kappa shape index (κ1) is 19.9. The number of anilines is 1. The van der Waals surface area contributed by atoms with Crippen molar-refractivity contribution in [2.75, 3.05) is 45.3 Å². The topological polar surface area (TPSA) is 98.0 Å². The van der Waals surface area contributed by atoms with Crippen molar-refractivity contribution in [3.05, 3.63) is 52.1 Å². The molecular formula is C20H20N4O5S. The smallest absolute Gasteiger partial charge is 0.270 e. The van der Waals surface area contributed by atoms with Crippen LogP contribution in [0.15, 0.2) is 36.4 Å². The number of methoxy groups -OCH3 is 2. The summed E-state index contributed by atoms with van der Waals surface area (Å²) in [6.45, 7) is 2.37. The van der Waals surface area contributed by atoms with Crippen LogP contribution >= 0.6 is 11.3 Å². The van der Waals surface area contributed by atoms with Gasteiger partial charge in [-0.25, -0.2) is 4.98 Å². The minimum absolute atomic E-state index is 0.0573. The van der Waals surface area contributed by atoms with Crippen LogP contribution in [0.2, 0.25) is 0 Å². The molecule has 4 rings (SSSR count). The number of non-ortho nitro benzene ring substituents is 1. The van der Waals surface area contributed by atoms with E-state index in [0.717, 1.165) is 15.3 Å². The Hall–Kier alpha value is -3.40. The van der Waals surface area contributed by atoms with Crippen molar-refractivity contribution < 1.29 is 19.2 Å². The van der Waals surface area contributed by atoms with Gasteiger partial charge >= 0.3 is 0 Å². The van der Waals surface area contributed by atoms with Gasteiger partial charge in [0.15, 0.2) is 5.13 Å². The minimum Gasteiger partial charge on any atom is -0.497 e. The lowest BCUT2D eigenvalue weighted by molar-refractivity contribution is -0.384. The molecule has 0 unspecified atom stereocenters. The third-order valence-corrected chi connectivity index (χ3v) is 6.09. The summed E-state index contributed by atoms with van der Waals surface area (Å²) in [5, 5.41) is 11.8. The molecule has 1 fully saturated rings. The Kier molecular flexibility index (Phi) is 5.40. The van der Waals surface area contributed by atoms with Gasteiger partial charge in [0.1, 0.15) is 11.5 Å². The molecule has 1 aliphatic rings. The number of fused-ring (bicyclic) bond motifs is 1. The maximum Gasteiger partial charge on any atom is 0.270 e. The van der Waals surface area contributed by atoms with E-state index in [1.54, 1.807) is 49.5 Å². The van der Waals surface area contributed by atoms with Crippen LogP contribution in [0.1, 0.15) is 10.4 Å². The average Bonchev–Trinajstić information content (AvgIpc) is 3.21. The Labute approximate surface area is 176 Å². The number of carbonyl (C=O) groups is 1. The van der Waals surface area contributed by atoms with Gasteiger partial charge in [-0.3, -0.25) is 14.9 Å². The third kappa shape index (κ3) is 3.86. The van der Waals surface area contributed by atoms with Crippen LogP contribution in [0, 0.1) is 10.1 Å². The van der Waals surface area contributed by atoms with E-state index < -0.39 is 4.92 Å². The van der Waals surface area contributed by atoms with E-state index in [2.05, 4.69) is 9.88 Å². The molecule has 10 heteroatoms. The maximum absolute atomic E-state index is 12.9. The van der Waals surface area contributed by atoms with E-state index in [1.807, 2.05) is 0 Å². The normalized spacial score (nSPS) is 14.1. The van der Waals surface area contributed by atoms with Gasteiger partial charge in [-0.15, -0.1) is 0 Å². The molecular weight excluding hydrogens is 408 g/mol. The highest BCUT2D eigenvalue weighted by atomic mass is 32.1. The number of benzene rings is 2. The first-order valence-electron chi connectivity index (χ1n) is 9.31. The van der Waals surface area contributed by atoms with Crippen LogP contribution in [0.25, 0.3) is 10.2 Å². The lowest BCUT2D eigenvalue weighted by Crippen LogP contribution is -2.48. The number of carbonyl (C=O) groups excluding carboxylic acids is 1. The Balaban J connectivity index is 1.47. The second kappa shape index (κ2) is 8.15. The van der Waals surface area contributed by atoms with Gasteiger partial charge in [-0.2, -0.15) is 0 Å². The first-order chi connectivity index (χ1) is 14.5. The largest absolute Gasteiger partial charge is 0.497 e. The molecule has 156 valence electrons. The Bertz CT molecular complexity index is 1090. The standard InChI is InChI=1S/C20H20N4O5S/c1-28-15-9-13(10-16(12-15)29-2)19(25)22-5-7-23(8-6-22)20-21-17-4-3-14(24(26)27)11-18(17)30-20/h3-4,9-12H,5-8H2,1-2H3. The highest BCUT2D eigenvalue weighted by Crippen LogP contribution is 2.32. The van der Waals surface area contributed by atoms with Crippen molar-refractivity contribution in [1.82, 2.24) is 9.88 Å². The number of hydrogen-bond donors (Lipinski definition) is 0. The quantitative estimate of drug-likeness (QED) is 0.455. The SMILES string of the molecule is COc1cc(OC)cc(C(=O)N2CCN(c3nc4ccc([N+](=O)[O-])cc4s3)CC2)c1. The summed E-state index contributed by atoms with van der Waals surface area (Å²) in [4.78, 5) is 32.0. The molecule has 0 saturated carbocycles. The van der Waals surface area contributed by atoms with Crippen LogP contribution in [-0.4, -0.2) is 61.1 Å². The van der Waals surface area contributed by atoms with Gasteiger partial charge in [0.25, 0.3) is 11.6 Å². The number of aromatic nitrogens is 1. The van der Waals surface area contributed by atoms with Crippen molar-refractivity contribution in [3.63, 3.8) is 0 Å². The van der Waals surface area contributed by atoms with E-state index in [1.165, 1.54) is 17.4 Å². The molecule has 1 aromatic heterocycles. The molecule has 0 bridgehead atoms. The highest BCUT2D eigenvalue weighted by Gasteiger charge is 2.25. The molecule has 0 radical (unpaired) electrons. The van der Waals surface area contributed by atoms with Crippen LogP contribution in [-0.2, 0) is 0 Å². The molecule has 1 amide bonds. The number of piperazine rings is 1. The molecule has 3 aromatic rings. The molecule has 9 nitrogen and oxygen atoms in total. The summed E-state index contributed by atoms with van der Waals surface area (Å²) < 4.78 is 11.3. The fraction of sp³-hybridized carbons (Fsp3) is 0.300. The molecule has 2 heterocycles. The average molecular weight is 428 g/mol. The summed E-state index contributed by atoms with van der Waals surface area (Å²) in [5.41, 5.74) is 1.32. The molecule has 0 aliphatic carbocycles. The van der Waals surface area contributed by atoms with Gasteiger partial charge in [0, 0.05) is 49.9 Å². The van der Waals surface area contributed by atoms with Gasteiger partial charge in [0.2, 0.25) is 0 Å². The molecule has 0 atom stereocenters. The van der Waals surface area contributed by atoms with Crippen molar-refractivity contribution in [3.8, 4) is 11.5 Å². The van der Waals surface area contributed by atoms with Gasteiger partial charge < -0.3 is 19.3 Å². The summed E-state index contributed by atoms with van der Waals surface area (Å²) in [6.07, 6.45) is 0. The molecule has 30 heavy (non-hydrogen) atoms. The minimum atomic E-state index is -0.406. The van der Waals surface area contributed by atoms with E-state index >= 15 is 0 Å². The summed E-state index contributed by atoms with van der Waals surface area (Å²) in [5.74, 6) is 1.06. The molecule has 0 N–H and O–H groups in total. The predicted octanol–water partition coefficient (Wildman–Crippen LogP) is 3.18. The zero-order valence-electron chi connectivity index (χ0n) is 16.5. The summed E-state index contributed by atoms with van der Waals surface area (Å²) >= 11 is 1.43. The number of nitro groups is 1. The number of rotatable bonds is 5. The number of hydrogen-bond acceptors (Lipinski definition) is 8. The van der Waals surface area contributed by atoms with E-state index in [4.69, 9.17) is 9.47 Å². The van der Waals surface area contributed by atoms with Gasteiger partial charge in [0.05, 0.1) is 29.4 Å². The second-order valence-corrected chi connectivity index (χ2v) is 7.80. The Morgan fingerprint density at radius 2 is 1.73 bits per heavy atom. The molecule has 1 saturated heterocycles. The maximum atomic E-state index is 12.9. The monoisotopic (exact) mass is 428 g/mol. The lowest BCUT2D eigenvalue weighted by Gasteiger charge is -2.34.